The highest BCUT2D eigenvalue weighted by molar-refractivity contribution is 5.91. The average Bonchev–Trinajstić information content (AvgIpc) is 2.71. The van der Waals surface area contributed by atoms with Crippen molar-refractivity contribution in [2.24, 2.45) is 0 Å². The highest BCUT2D eigenvalue weighted by Crippen LogP contribution is 2.17. The van der Waals surface area contributed by atoms with Crippen LogP contribution in [-0.2, 0) is 0 Å². The summed E-state index contributed by atoms with van der Waals surface area (Å²) in [6.07, 6.45) is 1.31. The molecule has 2 rings (SSSR count). The molecule has 0 aliphatic carbocycles. The molecular weight excluding hydrogens is 200 g/mol. The van der Waals surface area contributed by atoms with Crippen molar-refractivity contribution in [1.29, 1.82) is 0 Å². The number of aromatic nitrogens is 4. The maximum atomic E-state index is 11.1. The van der Waals surface area contributed by atoms with Crippen LogP contribution in [0.2, 0.25) is 0 Å². The van der Waals surface area contributed by atoms with Crippen LogP contribution in [0.25, 0.3) is 5.69 Å². The quantitative estimate of drug-likeness (QED) is 0.704. The number of rotatable bonds is 2. The Hall–Kier alpha value is -2.44. The van der Waals surface area contributed by atoms with Crippen molar-refractivity contribution < 1.29 is 15.0 Å². The van der Waals surface area contributed by atoms with Crippen LogP contribution in [0.3, 0.4) is 0 Å². The molecular formula is C8H5N4O3-. The van der Waals surface area contributed by atoms with E-state index in [1.807, 2.05) is 0 Å². The lowest BCUT2D eigenvalue weighted by molar-refractivity contribution is -0.268. The normalized spacial score (nSPS) is 10.1. The third kappa shape index (κ3) is 1.62. The maximum absolute atomic E-state index is 11.1. The molecule has 0 saturated carbocycles. The molecule has 0 aliphatic rings. The molecule has 0 bridgehead atoms. The Bertz CT molecular complexity index is 495. The van der Waals surface area contributed by atoms with Gasteiger partial charge in [-0.2, -0.15) is 0 Å². The van der Waals surface area contributed by atoms with Gasteiger partial charge in [-0.05, 0) is 22.6 Å². The van der Waals surface area contributed by atoms with E-state index in [1.165, 1.54) is 29.2 Å². The second-order valence-corrected chi connectivity index (χ2v) is 2.74. The molecule has 1 heterocycles. The molecule has 0 spiro atoms. The van der Waals surface area contributed by atoms with Crippen LogP contribution in [-0.4, -0.2) is 31.3 Å². The Balaban J connectivity index is 2.52. The van der Waals surface area contributed by atoms with Gasteiger partial charge in [0, 0.05) is 0 Å². The number of hydrogen-bond acceptors (Lipinski definition) is 5. The average molecular weight is 205 g/mol. The van der Waals surface area contributed by atoms with Crippen LogP contribution in [0, 0.1) is 0 Å². The predicted molar refractivity (Wildman–Crippen MR) is 45.6 cm³/mol. The summed E-state index contributed by atoms with van der Waals surface area (Å²) >= 11 is 0. The van der Waals surface area contributed by atoms with Crippen LogP contribution >= 0.6 is 0 Å². The third-order valence-corrected chi connectivity index (χ3v) is 1.81. The summed E-state index contributed by atoms with van der Waals surface area (Å²) in [5, 5.41) is 30.2. The van der Waals surface area contributed by atoms with Crippen LogP contribution in [0.5, 0.6) is 5.75 Å². The molecule has 0 saturated heterocycles. The smallest absolute Gasteiger partial charge is 0.335 e. The van der Waals surface area contributed by atoms with E-state index in [2.05, 4.69) is 15.5 Å². The van der Waals surface area contributed by atoms with Gasteiger partial charge in [0.25, 0.3) is 0 Å². The van der Waals surface area contributed by atoms with Crippen molar-refractivity contribution in [2.75, 3.05) is 0 Å². The van der Waals surface area contributed by atoms with Gasteiger partial charge in [-0.15, -0.1) is 5.10 Å². The van der Waals surface area contributed by atoms with Crippen molar-refractivity contribution >= 4 is 5.97 Å². The molecule has 0 unspecified atom stereocenters. The molecule has 1 N–H and O–H groups in total. The zero-order chi connectivity index (χ0) is 10.8. The summed E-state index contributed by atoms with van der Waals surface area (Å²) in [6, 6.07) is 3.84. The predicted octanol–water partition coefficient (Wildman–Crippen LogP) is -0.566. The molecule has 7 nitrogen and oxygen atoms in total. The molecule has 1 aromatic carbocycles. The summed E-state index contributed by atoms with van der Waals surface area (Å²) in [5.41, 5.74) is 0.125. The Kier molecular flexibility index (Phi) is 2.05. The van der Waals surface area contributed by atoms with Gasteiger partial charge in [0.05, 0.1) is 11.3 Å². The molecule has 15 heavy (non-hydrogen) atoms. The van der Waals surface area contributed by atoms with Crippen LogP contribution in [0.4, 0.5) is 0 Å². The zero-order valence-electron chi connectivity index (χ0n) is 7.36. The van der Waals surface area contributed by atoms with Crippen molar-refractivity contribution in [1.82, 2.24) is 20.2 Å². The number of carboxylic acids is 1. The van der Waals surface area contributed by atoms with E-state index in [0.717, 1.165) is 0 Å². The fraction of sp³-hybridized carbons (Fsp3) is 0. The standard InChI is InChI=1S/C8H6N4O3/c13-7-2-1-5(3-6(7)8(14)15)12-4-9-10-11-12/h1-4,13H,(H,14,15)/p-1. The van der Waals surface area contributed by atoms with Gasteiger partial charge in [-0.25, -0.2) is 9.48 Å². The van der Waals surface area contributed by atoms with Crippen LogP contribution in [0.15, 0.2) is 24.5 Å². The first-order valence-corrected chi connectivity index (χ1v) is 3.96. The minimum absolute atomic E-state index is 0.303. The van der Waals surface area contributed by atoms with Gasteiger partial charge in [0.2, 0.25) is 0 Å². The van der Waals surface area contributed by atoms with E-state index < -0.39 is 11.7 Å². The van der Waals surface area contributed by atoms with Gasteiger partial charge in [-0.3, -0.25) is 0 Å². The molecule has 0 aliphatic heterocycles. The van der Waals surface area contributed by atoms with Gasteiger partial charge in [0.15, 0.2) is 0 Å². The Morgan fingerprint density at radius 3 is 2.87 bits per heavy atom. The topological polar surface area (TPSA) is 104 Å². The summed E-state index contributed by atoms with van der Waals surface area (Å²) in [5.74, 6) is -1.81. The van der Waals surface area contributed by atoms with E-state index in [1.54, 1.807) is 0 Å². The molecule has 7 heteroatoms. The summed E-state index contributed by atoms with van der Waals surface area (Å²) in [4.78, 5) is 10.7. The summed E-state index contributed by atoms with van der Waals surface area (Å²) in [7, 11) is 0. The second kappa shape index (κ2) is 3.37. The van der Waals surface area contributed by atoms with E-state index in [9.17, 15) is 9.90 Å². The Labute approximate surface area is 83.6 Å². The number of carboxylic acid groups (broad SMARTS) is 1. The number of nitrogens with zero attached hydrogens (tertiary/aromatic N) is 4. The molecule has 76 valence electrons. The third-order valence-electron chi connectivity index (χ3n) is 1.81. The number of tetrazole rings is 1. The number of aromatic carboxylic acids is 1. The lowest BCUT2D eigenvalue weighted by Gasteiger charge is -2.10. The van der Waals surface area contributed by atoms with E-state index in [4.69, 9.17) is 5.11 Å². The first-order chi connectivity index (χ1) is 7.18. The lowest BCUT2D eigenvalue weighted by atomic mass is 10.2. The van der Waals surface area contributed by atoms with Gasteiger partial charge >= 0.3 is 5.97 Å². The molecule has 0 fully saturated rings. The van der Waals surface area contributed by atoms with Crippen molar-refractivity contribution in [2.45, 2.75) is 0 Å². The fourth-order valence-electron chi connectivity index (χ4n) is 1.11. The van der Waals surface area contributed by atoms with Crippen molar-refractivity contribution in [3.63, 3.8) is 0 Å². The van der Waals surface area contributed by atoms with Crippen molar-refractivity contribution in [3.05, 3.63) is 30.1 Å². The fourth-order valence-corrected chi connectivity index (χ4v) is 1.11. The zero-order valence-corrected chi connectivity index (χ0v) is 7.36. The molecule has 2 aromatic rings. The first-order valence-electron chi connectivity index (χ1n) is 3.96. The van der Waals surface area contributed by atoms with E-state index >= 15 is 0 Å². The first kappa shape index (κ1) is 9.13. The van der Waals surface area contributed by atoms with E-state index in [-0.39, 0.29) is 5.56 Å². The highest BCUT2D eigenvalue weighted by Gasteiger charge is 2.06. The van der Waals surface area contributed by atoms with Crippen LogP contribution in [0.1, 0.15) is 10.4 Å². The number of benzene rings is 1. The minimum Gasteiger partial charge on any atom is -0.872 e. The molecule has 0 radical (unpaired) electrons. The van der Waals surface area contributed by atoms with Crippen molar-refractivity contribution in [3.8, 4) is 11.4 Å². The van der Waals surface area contributed by atoms with Gasteiger partial charge in [0.1, 0.15) is 6.33 Å². The van der Waals surface area contributed by atoms with E-state index in [0.29, 0.717) is 5.69 Å². The minimum atomic E-state index is -1.27. The Morgan fingerprint density at radius 2 is 2.27 bits per heavy atom. The maximum Gasteiger partial charge on any atom is 0.335 e. The van der Waals surface area contributed by atoms with Crippen LogP contribution < -0.4 is 5.11 Å². The molecule has 0 atom stereocenters. The second-order valence-electron chi connectivity index (χ2n) is 2.74. The van der Waals surface area contributed by atoms with Gasteiger partial charge in [-0.1, -0.05) is 11.8 Å². The monoisotopic (exact) mass is 205 g/mol. The summed E-state index contributed by atoms with van der Waals surface area (Å²) in [6.45, 7) is 0. The summed E-state index contributed by atoms with van der Waals surface area (Å²) < 4.78 is 1.27. The lowest BCUT2D eigenvalue weighted by Crippen LogP contribution is -2.06. The van der Waals surface area contributed by atoms with Gasteiger partial charge < -0.3 is 10.2 Å². The number of hydrogen-bond donors (Lipinski definition) is 1. The largest absolute Gasteiger partial charge is 0.872 e. The SMILES string of the molecule is O=C(O)c1cc(-n2cnnn2)ccc1[O-]. The molecule has 1 aromatic heterocycles. The molecule has 0 amide bonds. The Morgan fingerprint density at radius 1 is 1.47 bits per heavy atom. The highest BCUT2D eigenvalue weighted by atomic mass is 16.4. The number of carbonyl (C=O) groups is 1.